The predicted octanol–water partition coefficient (Wildman–Crippen LogP) is 2.49. The average molecular weight is 431 g/mol. The molecule has 5 nitrogen and oxygen atoms in total. The number of aliphatic imine (C=N–C) groups is 1. The Morgan fingerprint density at radius 1 is 1.39 bits per heavy atom. The Morgan fingerprint density at radius 2 is 2.26 bits per heavy atom. The highest BCUT2D eigenvalue weighted by molar-refractivity contribution is 14.0. The second-order valence-electron chi connectivity index (χ2n) is 5.99. The second kappa shape index (κ2) is 11.6. The molecule has 130 valence electrons. The lowest BCUT2D eigenvalue weighted by atomic mass is 10.0. The molecule has 2 rings (SSSR count). The van der Waals surface area contributed by atoms with E-state index in [0.29, 0.717) is 6.54 Å². The minimum atomic E-state index is 0. The fourth-order valence-electron chi connectivity index (χ4n) is 2.82. The van der Waals surface area contributed by atoms with Crippen LogP contribution in [0.5, 0.6) is 0 Å². The molecule has 0 aromatic carbocycles. The van der Waals surface area contributed by atoms with E-state index >= 15 is 0 Å². The van der Waals surface area contributed by atoms with E-state index in [-0.39, 0.29) is 24.0 Å². The van der Waals surface area contributed by atoms with E-state index < -0.39 is 0 Å². The summed E-state index contributed by atoms with van der Waals surface area (Å²) in [7, 11) is 0. The first kappa shape index (κ1) is 20.2. The van der Waals surface area contributed by atoms with E-state index in [1.165, 1.54) is 25.9 Å². The topological polar surface area (TPSA) is 52.6 Å². The molecule has 1 aromatic heterocycles. The number of guanidine groups is 1. The Morgan fingerprint density at radius 3 is 2.96 bits per heavy atom. The Balaban J connectivity index is 0.00000264. The second-order valence-corrected chi connectivity index (χ2v) is 5.99. The summed E-state index contributed by atoms with van der Waals surface area (Å²) in [6.45, 7) is 10.4. The van der Waals surface area contributed by atoms with Crippen molar-refractivity contribution in [2.45, 2.75) is 33.2 Å². The third-order valence-corrected chi connectivity index (χ3v) is 3.93. The number of hydrogen-bond acceptors (Lipinski definition) is 3. The van der Waals surface area contributed by atoms with Crippen LogP contribution in [0.25, 0.3) is 0 Å². The standard InChI is InChI=1S/C17H29N5.HI/c1-3-18-17(21-13-16-8-4-5-9-19-16)20-10-12-22-11-6-7-15(2)14-22;/h4-5,8-9,15H,3,6-7,10-14H2,1-2H3,(H2,18,20,21);1H. The van der Waals surface area contributed by atoms with Gasteiger partial charge in [-0.25, -0.2) is 4.99 Å². The van der Waals surface area contributed by atoms with E-state index in [1.807, 2.05) is 24.4 Å². The largest absolute Gasteiger partial charge is 0.357 e. The van der Waals surface area contributed by atoms with Crippen molar-refractivity contribution in [1.29, 1.82) is 0 Å². The maximum atomic E-state index is 4.59. The van der Waals surface area contributed by atoms with Crippen molar-refractivity contribution in [3.63, 3.8) is 0 Å². The summed E-state index contributed by atoms with van der Waals surface area (Å²) in [5.41, 5.74) is 0.990. The van der Waals surface area contributed by atoms with Gasteiger partial charge in [0.15, 0.2) is 5.96 Å². The van der Waals surface area contributed by atoms with Gasteiger partial charge in [-0.05, 0) is 44.4 Å². The van der Waals surface area contributed by atoms with Gasteiger partial charge >= 0.3 is 0 Å². The van der Waals surface area contributed by atoms with Gasteiger partial charge in [-0.1, -0.05) is 13.0 Å². The van der Waals surface area contributed by atoms with Crippen LogP contribution < -0.4 is 10.6 Å². The van der Waals surface area contributed by atoms with Crippen molar-refractivity contribution < 1.29 is 0 Å². The van der Waals surface area contributed by atoms with E-state index in [9.17, 15) is 0 Å². The normalized spacial score (nSPS) is 19.0. The molecule has 1 unspecified atom stereocenters. The number of halogens is 1. The Kier molecular flexibility index (Phi) is 10.2. The number of nitrogens with zero attached hydrogens (tertiary/aromatic N) is 3. The van der Waals surface area contributed by atoms with Gasteiger partial charge in [0.25, 0.3) is 0 Å². The van der Waals surface area contributed by atoms with Crippen LogP contribution in [0.4, 0.5) is 0 Å². The summed E-state index contributed by atoms with van der Waals surface area (Å²) < 4.78 is 0. The van der Waals surface area contributed by atoms with Gasteiger partial charge in [0.05, 0.1) is 12.2 Å². The minimum absolute atomic E-state index is 0. The number of hydrogen-bond donors (Lipinski definition) is 2. The highest BCUT2D eigenvalue weighted by Gasteiger charge is 2.15. The van der Waals surface area contributed by atoms with Gasteiger partial charge in [0, 0.05) is 32.4 Å². The number of piperidine rings is 1. The predicted molar refractivity (Wildman–Crippen MR) is 107 cm³/mol. The monoisotopic (exact) mass is 431 g/mol. The number of aromatic nitrogens is 1. The molecule has 0 spiro atoms. The summed E-state index contributed by atoms with van der Waals surface area (Å²) in [4.78, 5) is 11.4. The summed E-state index contributed by atoms with van der Waals surface area (Å²) in [5.74, 6) is 1.71. The van der Waals surface area contributed by atoms with Crippen LogP contribution in [0.2, 0.25) is 0 Å². The van der Waals surface area contributed by atoms with E-state index in [0.717, 1.165) is 37.2 Å². The quantitative estimate of drug-likeness (QED) is 0.413. The lowest BCUT2D eigenvalue weighted by Gasteiger charge is -2.30. The molecule has 0 bridgehead atoms. The molecule has 1 aliphatic heterocycles. The zero-order chi connectivity index (χ0) is 15.6. The van der Waals surface area contributed by atoms with Crippen molar-refractivity contribution in [3.8, 4) is 0 Å². The summed E-state index contributed by atoms with van der Waals surface area (Å²) in [6, 6.07) is 5.92. The molecule has 0 radical (unpaired) electrons. The molecule has 0 amide bonds. The van der Waals surface area contributed by atoms with Crippen LogP contribution in [0.15, 0.2) is 29.4 Å². The molecule has 1 atom stereocenters. The lowest BCUT2D eigenvalue weighted by molar-refractivity contribution is 0.187. The van der Waals surface area contributed by atoms with E-state index in [1.54, 1.807) is 0 Å². The molecule has 1 fully saturated rings. The molecule has 23 heavy (non-hydrogen) atoms. The summed E-state index contributed by atoms with van der Waals surface area (Å²) in [6.07, 6.45) is 4.51. The molecule has 2 N–H and O–H groups in total. The Hall–Kier alpha value is -0.890. The molecular weight excluding hydrogens is 401 g/mol. The number of nitrogens with one attached hydrogen (secondary N) is 2. The molecular formula is C17H30IN5. The first-order valence-electron chi connectivity index (χ1n) is 8.42. The van der Waals surface area contributed by atoms with Crippen LogP contribution in [0.3, 0.4) is 0 Å². The third kappa shape index (κ3) is 7.97. The van der Waals surface area contributed by atoms with Gasteiger partial charge < -0.3 is 15.5 Å². The Bertz CT molecular complexity index is 452. The zero-order valence-corrected chi connectivity index (χ0v) is 16.6. The third-order valence-electron chi connectivity index (χ3n) is 3.93. The first-order valence-corrected chi connectivity index (χ1v) is 8.42. The van der Waals surface area contributed by atoms with Crippen molar-refractivity contribution in [2.75, 3.05) is 32.7 Å². The highest BCUT2D eigenvalue weighted by Crippen LogP contribution is 2.14. The van der Waals surface area contributed by atoms with Crippen LogP contribution in [-0.4, -0.2) is 48.6 Å². The van der Waals surface area contributed by atoms with Crippen molar-refractivity contribution in [3.05, 3.63) is 30.1 Å². The first-order chi connectivity index (χ1) is 10.8. The molecule has 1 aliphatic rings. The number of rotatable bonds is 6. The fraction of sp³-hybridized carbons (Fsp3) is 0.647. The fourth-order valence-corrected chi connectivity index (χ4v) is 2.82. The molecule has 2 heterocycles. The minimum Gasteiger partial charge on any atom is -0.357 e. The maximum Gasteiger partial charge on any atom is 0.191 e. The average Bonchev–Trinajstić information content (AvgIpc) is 2.54. The lowest BCUT2D eigenvalue weighted by Crippen LogP contribution is -2.43. The van der Waals surface area contributed by atoms with Crippen LogP contribution in [-0.2, 0) is 6.54 Å². The molecule has 0 saturated carbocycles. The highest BCUT2D eigenvalue weighted by atomic mass is 127. The zero-order valence-electron chi connectivity index (χ0n) is 14.3. The van der Waals surface area contributed by atoms with Crippen molar-refractivity contribution in [1.82, 2.24) is 20.5 Å². The smallest absolute Gasteiger partial charge is 0.191 e. The molecule has 1 aromatic rings. The summed E-state index contributed by atoms with van der Waals surface area (Å²) in [5, 5.41) is 6.71. The van der Waals surface area contributed by atoms with Crippen molar-refractivity contribution >= 4 is 29.9 Å². The van der Waals surface area contributed by atoms with Crippen molar-refractivity contribution in [2.24, 2.45) is 10.9 Å². The number of pyridine rings is 1. The van der Waals surface area contributed by atoms with Crippen LogP contribution in [0.1, 0.15) is 32.4 Å². The number of likely N-dealkylation sites (tertiary alicyclic amines) is 1. The summed E-state index contributed by atoms with van der Waals surface area (Å²) >= 11 is 0. The van der Waals surface area contributed by atoms with Crippen LogP contribution in [0, 0.1) is 5.92 Å². The Labute approximate surface area is 157 Å². The molecule has 1 saturated heterocycles. The van der Waals surface area contributed by atoms with Gasteiger partial charge in [-0.2, -0.15) is 0 Å². The van der Waals surface area contributed by atoms with Gasteiger partial charge in [0.2, 0.25) is 0 Å². The van der Waals surface area contributed by atoms with Gasteiger partial charge in [-0.15, -0.1) is 24.0 Å². The molecule has 6 heteroatoms. The van der Waals surface area contributed by atoms with E-state index in [4.69, 9.17) is 0 Å². The van der Waals surface area contributed by atoms with Gasteiger partial charge in [0.1, 0.15) is 0 Å². The maximum absolute atomic E-state index is 4.59. The molecule has 0 aliphatic carbocycles. The van der Waals surface area contributed by atoms with Crippen LogP contribution >= 0.6 is 24.0 Å². The SMILES string of the molecule is CCNC(=NCc1ccccn1)NCCN1CCCC(C)C1.I. The van der Waals surface area contributed by atoms with E-state index in [2.05, 4.69) is 39.4 Å². The van der Waals surface area contributed by atoms with Gasteiger partial charge in [-0.3, -0.25) is 4.98 Å².